The SMILES string of the molecule is O=C(O)C1CC(=O)N(Cc2ccccc2OCc2cccc(Cl)c2)C1. The van der Waals surface area contributed by atoms with E-state index in [1.54, 1.807) is 11.0 Å². The van der Waals surface area contributed by atoms with Gasteiger partial charge in [0.2, 0.25) is 5.91 Å². The predicted octanol–water partition coefficient (Wildman–Crippen LogP) is 3.35. The van der Waals surface area contributed by atoms with E-state index >= 15 is 0 Å². The van der Waals surface area contributed by atoms with E-state index in [1.165, 1.54) is 0 Å². The normalized spacial score (nSPS) is 16.9. The lowest BCUT2D eigenvalue weighted by Crippen LogP contribution is -2.26. The average Bonchev–Trinajstić information content (AvgIpc) is 2.95. The number of amides is 1. The lowest BCUT2D eigenvalue weighted by molar-refractivity contribution is -0.141. The van der Waals surface area contributed by atoms with Crippen LogP contribution in [0.1, 0.15) is 17.5 Å². The second-order valence-corrected chi connectivity index (χ2v) is 6.48. The third-order valence-electron chi connectivity index (χ3n) is 4.18. The van der Waals surface area contributed by atoms with Crippen LogP contribution in [0.4, 0.5) is 0 Å². The number of hydrogen-bond acceptors (Lipinski definition) is 3. The summed E-state index contributed by atoms with van der Waals surface area (Å²) in [6, 6.07) is 14.9. The molecule has 2 aromatic carbocycles. The first-order chi connectivity index (χ1) is 12.0. The Hall–Kier alpha value is -2.53. The summed E-state index contributed by atoms with van der Waals surface area (Å²) in [6.07, 6.45) is 0.0564. The van der Waals surface area contributed by atoms with Crippen LogP contribution >= 0.6 is 11.6 Å². The number of benzene rings is 2. The summed E-state index contributed by atoms with van der Waals surface area (Å²) in [5, 5.41) is 9.74. The van der Waals surface area contributed by atoms with Crippen LogP contribution < -0.4 is 4.74 Å². The van der Waals surface area contributed by atoms with Gasteiger partial charge in [-0.15, -0.1) is 0 Å². The molecule has 1 N–H and O–H groups in total. The molecule has 1 saturated heterocycles. The van der Waals surface area contributed by atoms with Gasteiger partial charge in [-0.3, -0.25) is 9.59 Å². The van der Waals surface area contributed by atoms with Gasteiger partial charge in [-0.1, -0.05) is 41.9 Å². The third kappa shape index (κ3) is 4.31. The van der Waals surface area contributed by atoms with Gasteiger partial charge in [-0.05, 0) is 23.8 Å². The molecule has 1 unspecified atom stereocenters. The molecule has 1 aliphatic heterocycles. The molecule has 1 atom stereocenters. The Balaban J connectivity index is 1.69. The highest BCUT2D eigenvalue weighted by molar-refractivity contribution is 6.30. The first kappa shape index (κ1) is 17.3. The van der Waals surface area contributed by atoms with Crippen LogP contribution in [0.3, 0.4) is 0 Å². The molecule has 25 heavy (non-hydrogen) atoms. The molecule has 0 spiro atoms. The molecule has 0 saturated carbocycles. The van der Waals surface area contributed by atoms with Crippen molar-refractivity contribution in [1.82, 2.24) is 4.90 Å². The number of para-hydroxylation sites is 1. The number of likely N-dealkylation sites (tertiary alicyclic amines) is 1. The molecule has 0 radical (unpaired) electrons. The molecular weight excluding hydrogens is 342 g/mol. The summed E-state index contributed by atoms with van der Waals surface area (Å²) < 4.78 is 5.89. The van der Waals surface area contributed by atoms with Gasteiger partial charge < -0.3 is 14.7 Å². The molecule has 5 nitrogen and oxygen atoms in total. The fraction of sp³-hybridized carbons (Fsp3) is 0.263. The largest absolute Gasteiger partial charge is 0.489 e. The number of carbonyl (C=O) groups is 2. The lowest BCUT2D eigenvalue weighted by Gasteiger charge is -2.18. The summed E-state index contributed by atoms with van der Waals surface area (Å²) >= 11 is 5.98. The maximum atomic E-state index is 12.0. The fourth-order valence-electron chi connectivity index (χ4n) is 2.86. The molecule has 2 aromatic rings. The van der Waals surface area contributed by atoms with Gasteiger partial charge in [0.15, 0.2) is 0 Å². The maximum Gasteiger partial charge on any atom is 0.308 e. The van der Waals surface area contributed by atoms with Gasteiger partial charge >= 0.3 is 5.97 Å². The molecule has 1 fully saturated rings. The van der Waals surface area contributed by atoms with Crippen molar-refractivity contribution in [3.8, 4) is 5.75 Å². The zero-order valence-corrected chi connectivity index (χ0v) is 14.3. The minimum Gasteiger partial charge on any atom is -0.489 e. The summed E-state index contributed by atoms with van der Waals surface area (Å²) in [5.41, 5.74) is 1.80. The average molecular weight is 360 g/mol. The number of halogens is 1. The number of carboxylic acids is 1. The highest BCUT2D eigenvalue weighted by atomic mass is 35.5. The summed E-state index contributed by atoms with van der Waals surface area (Å²) in [4.78, 5) is 24.7. The molecule has 1 heterocycles. The molecule has 1 aliphatic rings. The first-order valence-corrected chi connectivity index (χ1v) is 8.36. The zero-order valence-electron chi connectivity index (χ0n) is 13.5. The number of carbonyl (C=O) groups excluding carboxylic acids is 1. The van der Waals surface area contributed by atoms with Crippen molar-refractivity contribution in [1.29, 1.82) is 0 Å². The quantitative estimate of drug-likeness (QED) is 0.858. The zero-order chi connectivity index (χ0) is 17.8. The third-order valence-corrected chi connectivity index (χ3v) is 4.42. The van der Waals surface area contributed by atoms with Gasteiger partial charge in [0.25, 0.3) is 0 Å². The van der Waals surface area contributed by atoms with Crippen molar-refractivity contribution >= 4 is 23.5 Å². The Morgan fingerprint density at radius 2 is 2.04 bits per heavy atom. The Morgan fingerprint density at radius 3 is 2.76 bits per heavy atom. The number of rotatable bonds is 6. The second-order valence-electron chi connectivity index (χ2n) is 6.04. The summed E-state index contributed by atoms with van der Waals surface area (Å²) in [7, 11) is 0. The standard InChI is InChI=1S/C19H18ClNO4/c20-16-6-3-4-13(8-16)12-25-17-7-2-1-5-14(17)10-21-11-15(19(23)24)9-18(21)22/h1-8,15H,9-12H2,(H,23,24). The van der Waals surface area contributed by atoms with Crippen LogP contribution in [0.15, 0.2) is 48.5 Å². The van der Waals surface area contributed by atoms with Crippen LogP contribution in [-0.4, -0.2) is 28.4 Å². The van der Waals surface area contributed by atoms with Crippen molar-refractivity contribution < 1.29 is 19.4 Å². The number of carboxylic acid groups (broad SMARTS) is 1. The van der Waals surface area contributed by atoms with E-state index in [4.69, 9.17) is 21.4 Å². The topological polar surface area (TPSA) is 66.8 Å². The second kappa shape index (κ2) is 7.57. The fourth-order valence-corrected chi connectivity index (χ4v) is 3.07. The molecule has 0 aliphatic carbocycles. The Morgan fingerprint density at radius 1 is 1.24 bits per heavy atom. The molecule has 0 aromatic heterocycles. The van der Waals surface area contributed by atoms with Gasteiger partial charge in [0.1, 0.15) is 12.4 Å². The highest BCUT2D eigenvalue weighted by Gasteiger charge is 2.34. The number of nitrogens with zero attached hydrogens (tertiary/aromatic N) is 1. The van der Waals surface area contributed by atoms with E-state index in [1.807, 2.05) is 42.5 Å². The number of hydrogen-bond donors (Lipinski definition) is 1. The minimum absolute atomic E-state index is 0.0564. The number of ether oxygens (including phenoxy) is 1. The van der Waals surface area contributed by atoms with Crippen molar-refractivity contribution in [3.63, 3.8) is 0 Å². The molecule has 6 heteroatoms. The molecule has 3 rings (SSSR count). The van der Waals surface area contributed by atoms with Crippen molar-refractivity contribution in [3.05, 3.63) is 64.7 Å². The summed E-state index contributed by atoms with van der Waals surface area (Å²) in [5.74, 6) is -1.03. The summed E-state index contributed by atoms with van der Waals surface area (Å²) in [6.45, 7) is 0.939. The van der Waals surface area contributed by atoms with E-state index in [-0.39, 0.29) is 18.9 Å². The van der Waals surface area contributed by atoms with Crippen molar-refractivity contribution in [2.45, 2.75) is 19.6 Å². The van der Waals surface area contributed by atoms with Crippen LogP contribution in [0.25, 0.3) is 0 Å². The van der Waals surface area contributed by atoms with Gasteiger partial charge in [0, 0.05) is 30.1 Å². The van der Waals surface area contributed by atoms with E-state index in [0.717, 1.165) is 11.1 Å². The Bertz CT molecular complexity index is 792. The van der Waals surface area contributed by atoms with Gasteiger partial charge in [-0.25, -0.2) is 0 Å². The number of aliphatic carboxylic acids is 1. The van der Waals surface area contributed by atoms with Crippen LogP contribution in [0.2, 0.25) is 5.02 Å². The Kier molecular flexibility index (Phi) is 5.24. The molecular formula is C19H18ClNO4. The molecule has 130 valence electrons. The van der Waals surface area contributed by atoms with E-state index in [9.17, 15) is 9.59 Å². The smallest absolute Gasteiger partial charge is 0.308 e. The monoisotopic (exact) mass is 359 g/mol. The van der Waals surface area contributed by atoms with Crippen LogP contribution in [0, 0.1) is 5.92 Å². The predicted molar refractivity (Wildman–Crippen MR) is 93.4 cm³/mol. The highest BCUT2D eigenvalue weighted by Crippen LogP contribution is 2.25. The molecule has 0 bridgehead atoms. The lowest BCUT2D eigenvalue weighted by atomic mass is 10.1. The van der Waals surface area contributed by atoms with E-state index in [0.29, 0.717) is 23.9 Å². The van der Waals surface area contributed by atoms with Crippen LogP contribution in [0.5, 0.6) is 5.75 Å². The molecule has 1 amide bonds. The van der Waals surface area contributed by atoms with Gasteiger partial charge in [0.05, 0.1) is 5.92 Å². The van der Waals surface area contributed by atoms with E-state index < -0.39 is 11.9 Å². The first-order valence-electron chi connectivity index (χ1n) is 7.98. The maximum absolute atomic E-state index is 12.0. The van der Waals surface area contributed by atoms with E-state index in [2.05, 4.69) is 0 Å². The van der Waals surface area contributed by atoms with Crippen molar-refractivity contribution in [2.24, 2.45) is 5.92 Å². The van der Waals surface area contributed by atoms with Gasteiger partial charge in [-0.2, -0.15) is 0 Å². The minimum atomic E-state index is -0.929. The van der Waals surface area contributed by atoms with Crippen LogP contribution in [-0.2, 0) is 22.7 Å². The van der Waals surface area contributed by atoms with Crippen molar-refractivity contribution in [2.75, 3.05) is 6.54 Å². The Labute approximate surface area is 150 Å².